The minimum Gasteiger partial charge on any atom is -0.368 e. The maximum atomic E-state index is 2.71. The fraction of sp³-hybridized carbons (Fsp3) is 0.630. The molecule has 1 aromatic heterocycles. The molecule has 1 aromatic carbocycles. The second-order valence-corrected chi connectivity index (χ2v) is 9.28. The minimum atomic E-state index is 0.161. The van der Waals surface area contributed by atoms with Gasteiger partial charge in [0.1, 0.15) is 0 Å². The Morgan fingerprint density at radius 3 is 2.38 bits per heavy atom. The zero-order valence-electron chi connectivity index (χ0n) is 20.3. The Morgan fingerprint density at radius 1 is 1.07 bits per heavy atom. The molecule has 0 saturated carbocycles. The summed E-state index contributed by atoms with van der Waals surface area (Å²) in [7, 11) is 0. The SMILES string of the molecule is CC.CC.CCC12CC(C)(C)n3c4c(c5ccccc53)CCN(C=C(C)C1C)C42. The van der Waals surface area contributed by atoms with E-state index in [1.54, 1.807) is 16.8 Å². The third-order valence-corrected chi connectivity index (χ3v) is 7.72. The average Bonchev–Trinajstić information content (AvgIpc) is 3.09. The summed E-state index contributed by atoms with van der Waals surface area (Å²) in [6.07, 6.45) is 6.17. The van der Waals surface area contributed by atoms with Crippen molar-refractivity contribution < 1.29 is 0 Å². The molecule has 3 aliphatic rings. The van der Waals surface area contributed by atoms with Gasteiger partial charge in [0.05, 0.1) is 6.04 Å². The number of nitrogens with zero attached hydrogens (tertiary/aromatic N) is 2. The minimum absolute atomic E-state index is 0.161. The van der Waals surface area contributed by atoms with Crippen molar-refractivity contribution in [1.82, 2.24) is 9.47 Å². The second kappa shape index (κ2) is 7.85. The number of allylic oxidation sites excluding steroid dienone is 1. The second-order valence-electron chi connectivity index (χ2n) is 9.28. The quantitative estimate of drug-likeness (QED) is 0.481. The molecular weight excluding hydrogens is 352 g/mol. The molecule has 2 aromatic rings. The van der Waals surface area contributed by atoms with Gasteiger partial charge in [-0.15, -0.1) is 0 Å². The highest BCUT2D eigenvalue weighted by Crippen LogP contribution is 2.63. The Morgan fingerprint density at radius 2 is 1.72 bits per heavy atom. The number of aromatic nitrogens is 1. The summed E-state index contributed by atoms with van der Waals surface area (Å²) in [5.74, 6) is 0.649. The summed E-state index contributed by atoms with van der Waals surface area (Å²) < 4.78 is 2.71. The number of fused-ring (bicyclic) bond motifs is 3. The van der Waals surface area contributed by atoms with E-state index in [0.29, 0.717) is 17.4 Å². The van der Waals surface area contributed by atoms with Gasteiger partial charge in [0.2, 0.25) is 0 Å². The van der Waals surface area contributed by atoms with E-state index in [1.165, 1.54) is 30.2 Å². The van der Waals surface area contributed by atoms with E-state index in [9.17, 15) is 0 Å². The van der Waals surface area contributed by atoms with Gasteiger partial charge < -0.3 is 9.47 Å². The van der Waals surface area contributed by atoms with Crippen LogP contribution in [0.15, 0.2) is 36.0 Å². The Kier molecular flexibility index (Phi) is 5.96. The van der Waals surface area contributed by atoms with Gasteiger partial charge in [-0.3, -0.25) is 0 Å². The van der Waals surface area contributed by atoms with Gasteiger partial charge in [-0.25, -0.2) is 0 Å². The molecule has 160 valence electrons. The first-order valence-electron chi connectivity index (χ1n) is 12.0. The molecule has 0 radical (unpaired) electrons. The van der Waals surface area contributed by atoms with Crippen molar-refractivity contribution in [2.24, 2.45) is 11.3 Å². The van der Waals surface area contributed by atoms with Crippen LogP contribution in [0.5, 0.6) is 0 Å². The molecule has 0 fully saturated rings. The third kappa shape index (κ3) is 2.89. The van der Waals surface area contributed by atoms with Crippen molar-refractivity contribution in [3.63, 3.8) is 0 Å². The van der Waals surface area contributed by atoms with Gasteiger partial charge in [0.25, 0.3) is 0 Å². The van der Waals surface area contributed by atoms with E-state index in [2.05, 4.69) is 74.6 Å². The number of benzene rings is 1. The van der Waals surface area contributed by atoms with Crippen molar-refractivity contribution in [3.05, 3.63) is 47.3 Å². The summed E-state index contributed by atoms with van der Waals surface area (Å²) in [6.45, 7) is 21.4. The summed E-state index contributed by atoms with van der Waals surface area (Å²) >= 11 is 0. The summed E-state index contributed by atoms with van der Waals surface area (Å²) in [4.78, 5) is 2.69. The number of hydrogen-bond acceptors (Lipinski definition) is 1. The van der Waals surface area contributed by atoms with Crippen LogP contribution in [-0.4, -0.2) is 16.0 Å². The van der Waals surface area contributed by atoms with E-state index >= 15 is 0 Å². The van der Waals surface area contributed by atoms with Crippen LogP contribution in [0, 0.1) is 11.3 Å². The molecule has 0 N–H and O–H groups in total. The maximum absolute atomic E-state index is 2.71. The Labute approximate surface area is 179 Å². The molecule has 5 rings (SSSR count). The van der Waals surface area contributed by atoms with E-state index in [4.69, 9.17) is 0 Å². The Hall–Kier alpha value is -1.70. The summed E-state index contributed by atoms with van der Waals surface area (Å²) in [5, 5.41) is 1.50. The van der Waals surface area contributed by atoms with Crippen LogP contribution in [0.3, 0.4) is 0 Å². The topological polar surface area (TPSA) is 8.17 Å². The summed E-state index contributed by atoms with van der Waals surface area (Å²) in [6, 6.07) is 9.65. The highest BCUT2D eigenvalue weighted by Gasteiger charge is 2.57. The molecule has 3 atom stereocenters. The van der Waals surface area contributed by atoms with Crippen molar-refractivity contribution in [2.45, 2.75) is 93.2 Å². The fourth-order valence-corrected chi connectivity index (χ4v) is 6.62. The molecule has 0 bridgehead atoms. The van der Waals surface area contributed by atoms with Crippen LogP contribution in [0.2, 0.25) is 0 Å². The van der Waals surface area contributed by atoms with E-state index in [0.717, 1.165) is 6.54 Å². The maximum Gasteiger partial charge on any atom is 0.0754 e. The lowest BCUT2D eigenvalue weighted by molar-refractivity contribution is -0.0370. The van der Waals surface area contributed by atoms with E-state index in [-0.39, 0.29) is 5.54 Å². The third-order valence-electron chi connectivity index (χ3n) is 7.72. The largest absolute Gasteiger partial charge is 0.368 e. The molecule has 29 heavy (non-hydrogen) atoms. The molecule has 0 saturated heterocycles. The standard InChI is InChI=1S/C23H30N2.2C2H6/c1-6-23-14-22(4,5)25-19-10-8-7-9-17(19)18-11-12-24(21(23)20(18)25)13-15(2)16(23)3;2*1-2/h7-10,13,16,21H,6,11-12,14H2,1-5H3;2*1-2H3. The first kappa shape index (κ1) is 22.0. The van der Waals surface area contributed by atoms with E-state index < -0.39 is 0 Å². The number of rotatable bonds is 1. The van der Waals surface area contributed by atoms with Crippen LogP contribution >= 0.6 is 0 Å². The smallest absolute Gasteiger partial charge is 0.0754 e. The van der Waals surface area contributed by atoms with Crippen molar-refractivity contribution in [1.29, 1.82) is 0 Å². The van der Waals surface area contributed by atoms with Gasteiger partial charge in [0, 0.05) is 34.1 Å². The Balaban J connectivity index is 0.000000568. The van der Waals surface area contributed by atoms with Gasteiger partial charge in [-0.05, 0) is 63.8 Å². The van der Waals surface area contributed by atoms with Gasteiger partial charge in [-0.2, -0.15) is 0 Å². The summed E-state index contributed by atoms with van der Waals surface area (Å²) in [5.41, 5.74) is 6.78. The van der Waals surface area contributed by atoms with Gasteiger partial charge in [0.15, 0.2) is 0 Å². The molecule has 4 heterocycles. The number of para-hydroxylation sites is 1. The van der Waals surface area contributed by atoms with Crippen molar-refractivity contribution in [3.8, 4) is 0 Å². The van der Waals surface area contributed by atoms with Crippen LogP contribution in [0.25, 0.3) is 10.9 Å². The van der Waals surface area contributed by atoms with Crippen LogP contribution in [0.1, 0.15) is 92.5 Å². The molecular formula is C27H42N2. The lowest BCUT2D eigenvalue weighted by Gasteiger charge is -2.61. The molecule has 2 heteroatoms. The highest BCUT2D eigenvalue weighted by molar-refractivity contribution is 5.87. The zero-order chi connectivity index (χ0) is 21.6. The van der Waals surface area contributed by atoms with Gasteiger partial charge >= 0.3 is 0 Å². The molecule has 2 nitrogen and oxygen atoms in total. The van der Waals surface area contributed by atoms with Crippen LogP contribution in [0.4, 0.5) is 0 Å². The molecule has 0 amide bonds. The average molecular weight is 395 g/mol. The zero-order valence-corrected chi connectivity index (χ0v) is 20.3. The number of hydrogen-bond donors (Lipinski definition) is 0. The molecule has 0 aliphatic carbocycles. The Bertz CT molecular complexity index is 901. The predicted molar refractivity (Wildman–Crippen MR) is 127 cm³/mol. The van der Waals surface area contributed by atoms with Crippen LogP contribution in [-0.2, 0) is 12.0 Å². The predicted octanol–water partition coefficient (Wildman–Crippen LogP) is 7.68. The lowest BCUT2D eigenvalue weighted by Crippen LogP contribution is -2.56. The molecule has 3 unspecified atom stereocenters. The first-order chi connectivity index (χ1) is 13.9. The van der Waals surface area contributed by atoms with E-state index in [1.807, 2.05) is 27.7 Å². The van der Waals surface area contributed by atoms with Crippen molar-refractivity contribution >= 4 is 10.9 Å². The first-order valence-corrected chi connectivity index (χ1v) is 12.0. The lowest BCUT2D eigenvalue weighted by atomic mass is 9.56. The van der Waals surface area contributed by atoms with Gasteiger partial charge in [-0.1, -0.05) is 65.3 Å². The monoisotopic (exact) mass is 394 g/mol. The van der Waals surface area contributed by atoms with Crippen LogP contribution < -0.4 is 0 Å². The highest BCUT2D eigenvalue weighted by atomic mass is 15.2. The normalized spacial score (nSPS) is 28.4. The van der Waals surface area contributed by atoms with Crippen molar-refractivity contribution in [2.75, 3.05) is 6.54 Å². The molecule has 0 spiro atoms. The molecule has 3 aliphatic heterocycles. The fourth-order valence-electron chi connectivity index (χ4n) is 6.62.